The highest BCUT2D eigenvalue weighted by molar-refractivity contribution is 6.21. The van der Waals surface area contributed by atoms with Gasteiger partial charge in [-0.2, -0.15) is 13.2 Å². The van der Waals surface area contributed by atoms with E-state index >= 15 is 8.78 Å². The van der Waals surface area contributed by atoms with Gasteiger partial charge in [0.05, 0.1) is 5.56 Å². The Morgan fingerprint density at radius 1 is 0.457 bits per heavy atom. The molecule has 0 amide bonds. The summed E-state index contributed by atoms with van der Waals surface area (Å²) >= 11 is 0. The molecule has 0 radical (unpaired) electrons. The summed E-state index contributed by atoms with van der Waals surface area (Å²) < 4.78 is 113. The van der Waals surface area contributed by atoms with E-state index in [4.69, 9.17) is 0 Å². The van der Waals surface area contributed by atoms with Gasteiger partial charge in [-0.25, -0.2) is 22.0 Å². The van der Waals surface area contributed by atoms with E-state index < -0.39 is 52.0 Å². The Hall–Kier alpha value is -3.94. The first-order valence-corrected chi connectivity index (χ1v) is 10.2. The fourth-order valence-electron chi connectivity index (χ4n) is 4.44. The van der Waals surface area contributed by atoms with E-state index in [1.54, 1.807) is 42.5 Å². The van der Waals surface area contributed by atoms with Crippen LogP contribution >= 0.6 is 0 Å². The molecule has 0 bridgehead atoms. The van der Waals surface area contributed by atoms with Crippen LogP contribution in [0.1, 0.15) is 5.56 Å². The molecule has 0 unspecified atom stereocenters. The van der Waals surface area contributed by atoms with Gasteiger partial charge in [-0.15, -0.1) is 0 Å². The van der Waals surface area contributed by atoms with E-state index in [0.717, 1.165) is 12.1 Å². The van der Waals surface area contributed by atoms with Crippen LogP contribution in [0.25, 0.3) is 43.8 Å². The summed E-state index contributed by atoms with van der Waals surface area (Å²) in [5.74, 6) is -10.4. The zero-order valence-electron chi connectivity index (χ0n) is 17.5. The smallest absolute Gasteiger partial charge is 0.207 e. The molecule has 0 heterocycles. The molecule has 35 heavy (non-hydrogen) atoms. The van der Waals surface area contributed by atoms with E-state index in [9.17, 15) is 26.3 Å². The highest BCUT2D eigenvalue weighted by Gasteiger charge is 2.43. The zero-order chi connectivity index (χ0) is 25.1. The summed E-state index contributed by atoms with van der Waals surface area (Å²) in [6.45, 7) is 0. The van der Waals surface area contributed by atoms with Crippen molar-refractivity contribution in [2.75, 3.05) is 0 Å². The molecule has 0 atom stereocenters. The number of alkyl halides is 3. The van der Waals surface area contributed by atoms with Crippen molar-refractivity contribution in [1.82, 2.24) is 0 Å². The van der Waals surface area contributed by atoms with Crippen LogP contribution in [0.15, 0.2) is 72.8 Å². The van der Waals surface area contributed by atoms with Crippen LogP contribution in [0.5, 0.6) is 0 Å². The summed E-state index contributed by atoms with van der Waals surface area (Å²) in [6, 6.07) is 18.2. The van der Waals surface area contributed by atoms with Crippen molar-refractivity contribution in [3.05, 3.63) is 107 Å². The Balaban J connectivity index is 2.03. The minimum absolute atomic E-state index is 0.0702. The number of halogens is 8. The van der Waals surface area contributed by atoms with Crippen molar-refractivity contribution in [3.8, 4) is 22.3 Å². The van der Waals surface area contributed by atoms with Crippen molar-refractivity contribution in [2.45, 2.75) is 6.18 Å². The fraction of sp³-hybridized carbons (Fsp3) is 0.0370. The van der Waals surface area contributed by atoms with Gasteiger partial charge in [-0.05, 0) is 44.8 Å². The van der Waals surface area contributed by atoms with Crippen molar-refractivity contribution in [3.63, 3.8) is 0 Å². The third-order valence-electron chi connectivity index (χ3n) is 5.85. The van der Waals surface area contributed by atoms with Crippen LogP contribution in [-0.4, -0.2) is 0 Å². The average Bonchev–Trinajstić information content (AvgIpc) is 2.82. The molecule has 0 aromatic heterocycles. The molecule has 0 saturated heterocycles. The molecule has 0 aliphatic carbocycles. The van der Waals surface area contributed by atoms with Crippen molar-refractivity contribution < 1.29 is 35.1 Å². The molecule has 0 spiro atoms. The first-order valence-electron chi connectivity index (χ1n) is 10.2. The van der Waals surface area contributed by atoms with Crippen molar-refractivity contribution in [2.24, 2.45) is 0 Å². The first kappa shape index (κ1) is 22.8. The molecule has 0 aliphatic heterocycles. The molecule has 5 rings (SSSR count). The van der Waals surface area contributed by atoms with Gasteiger partial charge in [-0.3, -0.25) is 0 Å². The lowest BCUT2D eigenvalue weighted by atomic mass is 9.85. The van der Waals surface area contributed by atoms with Gasteiger partial charge in [-0.1, -0.05) is 60.7 Å². The Bertz CT molecular complexity index is 1590. The largest absolute Gasteiger partial charge is 0.422 e. The summed E-state index contributed by atoms with van der Waals surface area (Å²) in [5, 5.41) is 0.623. The van der Waals surface area contributed by atoms with Crippen LogP contribution in [0.4, 0.5) is 35.1 Å². The van der Waals surface area contributed by atoms with Gasteiger partial charge < -0.3 is 0 Å². The Morgan fingerprint density at radius 2 is 0.971 bits per heavy atom. The monoisotopic (exact) mass is 488 g/mol. The predicted octanol–water partition coefficient (Wildman–Crippen LogP) is 9.04. The molecule has 0 aliphatic rings. The molecule has 5 aromatic rings. The normalized spacial score (nSPS) is 12.0. The molecule has 0 saturated carbocycles. The van der Waals surface area contributed by atoms with Gasteiger partial charge in [0.25, 0.3) is 0 Å². The fourth-order valence-corrected chi connectivity index (χ4v) is 4.44. The lowest BCUT2D eigenvalue weighted by molar-refractivity contribution is -0.143. The number of hydrogen-bond donors (Lipinski definition) is 0. The third kappa shape index (κ3) is 3.51. The summed E-state index contributed by atoms with van der Waals surface area (Å²) in [6.07, 6.45) is -5.68. The minimum atomic E-state index is -5.68. The van der Waals surface area contributed by atoms with Gasteiger partial charge >= 0.3 is 6.18 Å². The van der Waals surface area contributed by atoms with Gasteiger partial charge in [0, 0.05) is 5.56 Å². The van der Waals surface area contributed by atoms with Crippen LogP contribution in [0, 0.1) is 29.1 Å². The molecule has 5 aromatic carbocycles. The Morgan fingerprint density at radius 3 is 1.54 bits per heavy atom. The Kier molecular flexibility index (Phi) is 5.27. The summed E-state index contributed by atoms with van der Waals surface area (Å²) in [7, 11) is 0. The maximum Gasteiger partial charge on any atom is 0.422 e. The number of hydrogen-bond acceptors (Lipinski definition) is 0. The van der Waals surface area contributed by atoms with Crippen LogP contribution in [0.3, 0.4) is 0 Å². The lowest BCUT2D eigenvalue weighted by Crippen LogP contribution is -2.16. The topological polar surface area (TPSA) is 0 Å². The van der Waals surface area contributed by atoms with E-state index in [0.29, 0.717) is 16.5 Å². The van der Waals surface area contributed by atoms with Crippen LogP contribution in [-0.2, 0) is 6.18 Å². The SMILES string of the molecule is Fc1ccc2c(-c3ccccc3)c3ccccc3c(-c3c(F)c(F)c(C(F)(F)F)c(F)c3F)c2c1. The van der Waals surface area contributed by atoms with Crippen LogP contribution in [0.2, 0.25) is 0 Å². The number of rotatable bonds is 2. The second kappa shape index (κ2) is 8.08. The third-order valence-corrected chi connectivity index (χ3v) is 5.85. The predicted molar refractivity (Wildman–Crippen MR) is 117 cm³/mol. The second-order valence-corrected chi connectivity index (χ2v) is 7.86. The highest BCUT2D eigenvalue weighted by Crippen LogP contribution is 2.47. The van der Waals surface area contributed by atoms with E-state index in [2.05, 4.69) is 0 Å². The van der Waals surface area contributed by atoms with Crippen molar-refractivity contribution >= 4 is 21.5 Å². The van der Waals surface area contributed by atoms with E-state index in [-0.39, 0.29) is 16.2 Å². The van der Waals surface area contributed by atoms with Gasteiger partial charge in [0.1, 0.15) is 11.4 Å². The highest BCUT2D eigenvalue weighted by atomic mass is 19.4. The Labute approximate surface area is 193 Å². The van der Waals surface area contributed by atoms with Gasteiger partial charge in [0.15, 0.2) is 23.3 Å². The molecular formula is C27H12F8. The number of benzene rings is 5. The average molecular weight is 488 g/mol. The maximum atomic E-state index is 15.1. The van der Waals surface area contributed by atoms with E-state index in [1.165, 1.54) is 18.2 Å². The molecular weight excluding hydrogens is 476 g/mol. The summed E-state index contributed by atoms with van der Waals surface area (Å²) in [4.78, 5) is 0. The molecule has 0 fully saturated rings. The standard InChI is InChI=1S/C27H12F8/c28-14-10-11-17-18(12-14)20(21-23(29)25(31)22(27(33,34)35)26(32)24(21)30)16-9-5-4-8-15(16)19(17)13-6-2-1-3-7-13/h1-12H. The quantitative estimate of drug-likeness (QED) is 0.132. The molecule has 0 nitrogen and oxygen atoms in total. The first-order chi connectivity index (χ1) is 16.6. The van der Waals surface area contributed by atoms with Gasteiger partial charge in [0.2, 0.25) is 0 Å². The zero-order valence-corrected chi connectivity index (χ0v) is 17.5. The minimum Gasteiger partial charge on any atom is -0.207 e. The second-order valence-electron chi connectivity index (χ2n) is 7.86. The molecule has 8 heteroatoms. The number of fused-ring (bicyclic) bond motifs is 2. The summed E-state index contributed by atoms with van der Waals surface area (Å²) in [5.41, 5.74) is -3.26. The lowest BCUT2D eigenvalue weighted by Gasteiger charge is -2.20. The maximum absolute atomic E-state index is 15.1. The van der Waals surface area contributed by atoms with Crippen LogP contribution < -0.4 is 0 Å². The van der Waals surface area contributed by atoms with E-state index in [1.807, 2.05) is 0 Å². The molecule has 0 N–H and O–H groups in total. The van der Waals surface area contributed by atoms with Crippen molar-refractivity contribution in [1.29, 1.82) is 0 Å². The molecule has 176 valence electrons.